The molecule has 1 rings (SSSR count). The van der Waals surface area contributed by atoms with Crippen LogP contribution >= 0.6 is 34.8 Å². The minimum Gasteiger partial charge on any atom is -0.483 e. The molecule has 1 heterocycles. The Morgan fingerprint density at radius 1 is 1.24 bits per heavy atom. The van der Waals surface area contributed by atoms with E-state index in [1.54, 1.807) is 27.7 Å². The van der Waals surface area contributed by atoms with Crippen molar-refractivity contribution in [2.24, 2.45) is 0 Å². The molecule has 1 amide bonds. The Morgan fingerprint density at radius 2 is 1.76 bits per heavy atom. The molecule has 0 aliphatic carbocycles. The summed E-state index contributed by atoms with van der Waals surface area (Å²) in [5.41, 5.74) is -0.565. The van der Waals surface area contributed by atoms with E-state index in [4.69, 9.17) is 44.3 Å². The van der Waals surface area contributed by atoms with Crippen LogP contribution in [0.15, 0.2) is 0 Å². The third-order valence-corrected chi connectivity index (χ3v) is 2.69. The first kappa shape index (κ1) is 18.1. The van der Waals surface area contributed by atoms with Gasteiger partial charge in [-0.2, -0.15) is 0 Å². The van der Waals surface area contributed by atoms with Crippen molar-refractivity contribution >= 4 is 40.9 Å². The van der Waals surface area contributed by atoms with Crippen molar-refractivity contribution in [1.29, 1.82) is 0 Å². The van der Waals surface area contributed by atoms with Crippen molar-refractivity contribution < 1.29 is 14.3 Å². The number of carbonyl (C=O) groups excluding carboxylic acids is 1. The number of amides is 1. The summed E-state index contributed by atoms with van der Waals surface area (Å²) in [6.45, 7) is 7.24. The van der Waals surface area contributed by atoms with Gasteiger partial charge < -0.3 is 14.8 Å². The van der Waals surface area contributed by atoms with Gasteiger partial charge in [-0.3, -0.25) is 0 Å². The van der Waals surface area contributed by atoms with Gasteiger partial charge in [-0.25, -0.2) is 14.8 Å². The maximum absolute atomic E-state index is 11.5. The molecule has 0 radical (unpaired) electrons. The average Bonchev–Trinajstić information content (AvgIpc) is 2.29. The molecular weight excluding hydrogens is 341 g/mol. The van der Waals surface area contributed by atoms with Crippen LogP contribution in [-0.4, -0.2) is 34.3 Å². The van der Waals surface area contributed by atoms with Crippen molar-refractivity contribution in [1.82, 2.24) is 15.3 Å². The zero-order valence-electron chi connectivity index (χ0n) is 12.0. The van der Waals surface area contributed by atoms with E-state index in [9.17, 15) is 4.79 Å². The molecule has 0 saturated heterocycles. The first-order chi connectivity index (χ1) is 9.58. The van der Waals surface area contributed by atoms with Crippen molar-refractivity contribution in [3.63, 3.8) is 0 Å². The fraction of sp³-hybridized carbons (Fsp3) is 0.583. The smallest absolute Gasteiger partial charge is 0.407 e. The molecule has 0 aliphatic rings. The fourth-order valence-electron chi connectivity index (χ4n) is 1.25. The highest BCUT2D eigenvalue weighted by Gasteiger charge is 2.18. The van der Waals surface area contributed by atoms with Gasteiger partial charge in [0.05, 0.1) is 6.54 Å². The molecule has 21 heavy (non-hydrogen) atoms. The van der Waals surface area contributed by atoms with E-state index in [0.29, 0.717) is 0 Å². The lowest BCUT2D eigenvalue weighted by Gasteiger charge is -2.21. The average molecular weight is 357 g/mol. The summed E-state index contributed by atoms with van der Waals surface area (Å²) in [6.07, 6.45) is -0.959. The summed E-state index contributed by atoms with van der Waals surface area (Å²) in [5, 5.41) is 2.51. The molecular formula is C12H16Cl3N3O3. The number of carbonyl (C=O) groups is 1. The van der Waals surface area contributed by atoms with Crippen LogP contribution in [0, 0.1) is 0 Å². The molecule has 9 heteroatoms. The van der Waals surface area contributed by atoms with Crippen molar-refractivity contribution in [2.75, 3.05) is 6.54 Å². The number of nitrogens with one attached hydrogen (secondary N) is 1. The lowest BCUT2D eigenvalue weighted by Crippen LogP contribution is -2.37. The molecule has 0 aromatic carbocycles. The third kappa shape index (κ3) is 6.54. The normalized spacial score (nSPS) is 12.7. The van der Waals surface area contributed by atoms with Crippen LogP contribution in [-0.2, 0) is 4.74 Å². The summed E-state index contributed by atoms with van der Waals surface area (Å²) in [4.78, 5) is 19.0. The maximum atomic E-state index is 11.5. The lowest BCUT2D eigenvalue weighted by molar-refractivity contribution is 0.0505. The van der Waals surface area contributed by atoms with Crippen molar-refractivity contribution in [2.45, 2.75) is 39.4 Å². The van der Waals surface area contributed by atoms with Crippen LogP contribution in [0.3, 0.4) is 0 Å². The Bertz CT molecular complexity index is 497. The van der Waals surface area contributed by atoms with Crippen LogP contribution in [0.4, 0.5) is 4.79 Å². The minimum absolute atomic E-state index is 0.00381. The van der Waals surface area contributed by atoms with Crippen LogP contribution in [0.25, 0.3) is 0 Å². The number of aromatic nitrogens is 2. The topological polar surface area (TPSA) is 73.3 Å². The van der Waals surface area contributed by atoms with E-state index < -0.39 is 17.8 Å². The standard InChI is InChI=1S/C12H16Cl3N3O3/c1-6(5-16-11(19)21-12(2,3)4)20-7-8(13)17-10(15)18-9(7)14/h6H,5H2,1-4H3,(H,16,19)/t6-/m1/s1. The Hall–Kier alpha value is -0.980. The molecule has 1 aromatic rings. The van der Waals surface area contributed by atoms with E-state index in [1.165, 1.54) is 0 Å². The molecule has 0 fully saturated rings. The number of hydrogen-bond acceptors (Lipinski definition) is 5. The number of halogens is 3. The molecule has 118 valence electrons. The molecule has 0 bridgehead atoms. The van der Waals surface area contributed by atoms with Gasteiger partial charge in [0.1, 0.15) is 11.7 Å². The van der Waals surface area contributed by atoms with Crippen LogP contribution in [0.1, 0.15) is 27.7 Å². The second kappa shape index (κ2) is 7.33. The predicted molar refractivity (Wildman–Crippen MR) is 81.4 cm³/mol. The van der Waals surface area contributed by atoms with E-state index in [0.717, 1.165) is 0 Å². The highest BCUT2D eigenvalue weighted by molar-refractivity contribution is 6.37. The fourth-order valence-corrected chi connectivity index (χ4v) is 1.99. The lowest BCUT2D eigenvalue weighted by atomic mass is 10.2. The molecule has 0 aliphatic heterocycles. The molecule has 0 unspecified atom stereocenters. The molecule has 1 N–H and O–H groups in total. The first-order valence-corrected chi connectivity index (χ1v) is 7.24. The molecule has 0 saturated carbocycles. The van der Waals surface area contributed by atoms with Crippen LogP contribution < -0.4 is 10.1 Å². The maximum Gasteiger partial charge on any atom is 0.407 e. The van der Waals surface area contributed by atoms with Gasteiger partial charge in [0.2, 0.25) is 5.28 Å². The van der Waals surface area contributed by atoms with Crippen molar-refractivity contribution in [3.05, 3.63) is 15.6 Å². The zero-order chi connectivity index (χ0) is 16.2. The van der Waals surface area contributed by atoms with Gasteiger partial charge >= 0.3 is 6.09 Å². The number of rotatable bonds is 4. The van der Waals surface area contributed by atoms with Gasteiger partial charge in [-0.1, -0.05) is 23.2 Å². The number of alkyl carbamates (subject to hydrolysis) is 1. The van der Waals surface area contributed by atoms with E-state index in [2.05, 4.69) is 15.3 Å². The monoisotopic (exact) mass is 355 g/mol. The van der Waals surface area contributed by atoms with Gasteiger partial charge in [0.15, 0.2) is 16.1 Å². The Morgan fingerprint density at radius 3 is 2.24 bits per heavy atom. The molecule has 1 atom stereocenters. The van der Waals surface area contributed by atoms with Gasteiger partial charge in [0.25, 0.3) is 0 Å². The Balaban J connectivity index is 2.55. The summed E-state index contributed by atoms with van der Waals surface area (Å²) in [5.74, 6) is 0.112. The summed E-state index contributed by atoms with van der Waals surface area (Å²) in [6, 6.07) is 0. The number of hydrogen-bond donors (Lipinski definition) is 1. The van der Waals surface area contributed by atoms with E-state index in [1.807, 2.05) is 0 Å². The quantitative estimate of drug-likeness (QED) is 0.657. The molecule has 0 spiro atoms. The summed E-state index contributed by atoms with van der Waals surface area (Å²) >= 11 is 17.3. The van der Waals surface area contributed by atoms with E-state index >= 15 is 0 Å². The molecule has 1 aromatic heterocycles. The minimum atomic E-state index is -0.565. The number of ether oxygens (including phenoxy) is 2. The second-order valence-electron chi connectivity index (χ2n) is 5.21. The zero-order valence-corrected chi connectivity index (χ0v) is 14.3. The predicted octanol–water partition coefficient (Wildman–Crippen LogP) is 3.73. The van der Waals surface area contributed by atoms with E-state index in [-0.39, 0.29) is 27.9 Å². The molecule has 6 nitrogen and oxygen atoms in total. The van der Waals surface area contributed by atoms with Crippen molar-refractivity contribution in [3.8, 4) is 5.75 Å². The largest absolute Gasteiger partial charge is 0.483 e. The highest BCUT2D eigenvalue weighted by atomic mass is 35.5. The van der Waals surface area contributed by atoms with Gasteiger partial charge in [-0.15, -0.1) is 0 Å². The third-order valence-electron chi connectivity index (χ3n) is 2.01. The first-order valence-electron chi connectivity index (χ1n) is 6.10. The Kier molecular flexibility index (Phi) is 6.31. The second-order valence-corrected chi connectivity index (χ2v) is 6.27. The number of nitrogens with zero attached hydrogens (tertiary/aromatic N) is 2. The Labute approximate surface area is 138 Å². The van der Waals surface area contributed by atoms with Gasteiger partial charge in [0, 0.05) is 0 Å². The summed E-state index contributed by atoms with van der Waals surface area (Å²) < 4.78 is 10.6. The van der Waals surface area contributed by atoms with Crippen LogP contribution in [0.2, 0.25) is 15.6 Å². The SMILES string of the molecule is C[C@H](CNC(=O)OC(C)(C)C)Oc1c(Cl)nc(Cl)nc1Cl. The van der Waals surface area contributed by atoms with Crippen LogP contribution in [0.5, 0.6) is 5.75 Å². The summed E-state index contributed by atoms with van der Waals surface area (Å²) in [7, 11) is 0. The highest BCUT2D eigenvalue weighted by Crippen LogP contribution is 2.31. The van der Waals surface area contributed by atoms with Gasteiger partial charge in [-0.05, 0) is 39.3 Å².